The average molecular weight is 241 g/mol. The number of rotatable bonds is 3. The van der Waals surface area contributed by atoms with Crippen LogP contribution >= 0.6 is 0 Å². The van der Waals surface area contributed by atoms with Crippen LogP contribution in [0.1, 0.15) is 17.2 Å². The van der Waals surface area contributed by atoms with Crippen molar-refractivity contribution >= 4 is 5.97 Å². The molecule has 0 aliphatic rings. The van der Waals surface area contributed by atoms with Crippen LogP contribution in [-0.4, -0.2) is 5.97 Å². The van der Waals surface area contributed by atoms with Crippen molar-refractivity contribution in [3.8, 4) is 5.75 Å². The van der Waals surface area contributed by atoms with Gasteiger partial charge in [-0.3, -0.25) is 0 Å². The molecule has 2 N–H and O–H groups in total. The Kier molecular flexibility index (Phi) is 3.75. The van der Waals surface area contributed by atoms with Crippen LogP contribution in [0.3, 0.4) is 0 Å². The van der Waals surface area contributed by atoms with E-state index in [-0.39, 0.29) is 0 Å². The summed E-state index contributed by atoms with van der Waals surface area (Å²) in [5.41, 5.74) is 7.68. The molecule has 0 aliphatic heterocycles. The Balaban J connectivity index is 2.13. The molecule has 0 heterocycles. The first-order valence-electron chi connectivity index (χ1n) is 5.76. The number of para-hydroxylation sites is 1. The van der Waals surface area contributed by atoms with Gasteiger partial charge < -0.3 is 10.5 Å². The van der Waals surface area contributed by atoms with E-state index in [0.717, 1.165) is 11.1 Å². The van der Waals surface area contributed by atoms with Crippen LogP contribution in [0.25, 0.3) is 0 Å². The Hall–Kier alpha value is -2.13. The number of aryl methyl sites for hydroxylation is 1. The van der Waals surface area contributed by atoms with Gasteiger partial charge in [-0.25, -0.2) is 4.79 Å². The van der Waals surface area contributed by atoms with E-state index in [9.17, 15) is 4.79 Å². The molecule has 0 saturated heterocycles. The number of nitrogens with two attached hydrogens (primary N) is 1. The number of benzene rings is 2. The van der Waals surface area contributed by atoms with E-state index in [1.807, 2.05) is 49.4 Å². The lowest BCUT2D eigenvalue weighted by Crippen LogP contribution is -2.26. The van der Waals surface area contributed by atoms with Crippen molar-refractivity contribution in [1.82, 2.24) is 0 Å². The molecule has 3 heteroatoms. The summed E-state index contributed by atoms with van der Waals surface area (Å²) in [4.78, 5) is 11.9. The van der Waals surface area contributed by atoms with Crippen LogP contribution < -0.4 is 10.5 Å². The molecule has 0 fully saturated rings. The molecule has 2 aromatic rings. The third-order valence-corrected chi connectivity index (χ3v) is 2.74. The summed E-state index contributed by atoms with van der Waals surface area (Å²) in [5, 5.41) is 0. The van der Waals surface area contributed by atoms with Gasteiger partial charge in [0.2, 0.25) is 0 Å². The van der Waals surface area contributed by atoms with Crippen molar-refractivity contribution in [3.63, 3.8) is 0 Å². The molecular formula is C15H15NO2. The second-order valence-corrected chi connectivity index (χ2v) is 4.07. The minimum Gasteiger partial charge on any atom is -0.425 e. The normalized spacial score (nSPS) is 11.9. The summed E-state index contributed by atoms with van der Waals surface area (Å²) >= 11 is 0. The van der Waals surface area contributed by atoms with Gasteiger partial charge in [0, 0.05) is 0 Å². The van der Waals surface area contributed by atoms with E-state index in [1.54, 1.807) is 12.1 Å². The van der Waals surface area contributed by atoms with E-state index in [4.69, 9.17) is 10.5 Å². The fourth-order valence-electron chi connectivity index (χ4n) is 1.73. The van der Waals surface area contributed by atoms with Crippen molar-refractivity contribution < 1.29 is 9.53 Å². The summed E-state index contributed by atoms with van der Waals surface area (Å²) in [6, 6.07) is 15.7. The number of ether oxygens (including phenoxy) is 1. The summed E-state index contributed by atoms with van der Waals surface area (Å²) in [7, 11) is 0. The molecular weight excluding hydrogens is 226 g/mol. The molecule has 2 aromatic carbocycles. The first-order valence-corrected chi connectivity index (χ1v) is 5.76. The van der Waals surface area contributed by atoms with E-state index >= 15 is 0 Å². The molecule has 3 nitrogen and oxygen atoms in total. The minimum atomic E-state index is -0.758. The second-order valence-electron chi connectivity index (χ2n) is 4.07. The van der Waals surface area contributed by atoms with Crippen LogP contribution in [0.4, 0.5) is 0 Å². The van der Waals surface area contributed by atoms with Crippen molar-refractivity contribution in [1.29, 1.82) is 0 Å². The van der Waals surface area contributed by atoms with Gasteiger partial charge in [0.25, 0.3) is 0 Å². The maximum absolute atomic E-state index is 11.9. The molecule has 0 radical (unpaired) electrons. The van der Waals surface area contributed by atoms with Gasteiger partial charge in [0.15, 0.2) is 0 Å². The Morgan fingerprint density at radius 3 is 2.33 bits per heavy atom. The summed E-state index contributed by atoms with van der Waals surface area (Å²) in [6.45, 7) is 1.92. The number of esters is 1. The zero-order valence-electron chi connectivity index (χ0n) is 10.2. The minimum absolute atomic E-state index is 0.449. The fraction of sp³-hybridized carbons (Fsp3) is 0.133. The number of hydrogen-bond acceptors (Lipinski definition) is 3. The summed E-state index contributed by atoms with van der Waals surface area (Å²) < 4.78 is 5.22. The fourth-order valence-corrected chi connectivity index (χ4v) is 1.73. The van der Waals surface area contributed by atoms with E-state index in [2.05, 4.69) is 0 Å². The second kappa shape index (κ2) is 5.47. The van der Waals surface area contributed by atoms with Crippen LogP contribution in [0, 0.1) is 6.92 Å². The highest BCUT2D eigenvalue weighted by Crippen LogP contribution is 2.18. The lowest BCUT2D eigenvalue weighted by Gasteiger charge is -2.13. The lowest BCUT2D eigenvalue weighted by molar-refractivity contribution is -0.136. The molecule has 0 amide bonds. The Labute approximate surface area is 106 Å². The zero-order chi connectivity index (χ0) is 13.0. The average Bonchev–Trinajstić information content (AvgIpc) is 2.39. The van der Waals surface area contributed by atoms with Gasteiger partial charge in [-0.05, 0) is 30.2 Å². The van der Waals surface area contributed by atoms with Gasteiger partial charge in [-0.2, -0.15) is 0 Å². The van der Waals surface area contributed by atoms with Crippen LogP contribution in [-0.2, 0) is 4.79 Å². The smallest absolute Gasteiger partial charge is 0.332 e. The quantitative estimate of drug-likeness (QED) is 0.663. The molecule has 18 heavy (non-hydrogen) atoms. The maximum Gasteiger partial charge on any atom is 0.332 e. The largest absolute Gasteiger partial charge is 0.425 e. The first-order chi connectivity index (χ1) is 8.68. The first kappa shape index (κ1) is 12.3. The van der Waals surface area contributed by atoms with E-state index < -0.39 is 12.0 Å². The number of carbonyl (C=O) groups is 1. The molecule has 2 rings (SSSR count). The maximum atomic E-state index is 11.9. The Morgan fingerprint density at radius 2 is 1.67 bits per heavy atom. The Morgan fingerprint density at radius 1 is 1.06 bits per heavy atom. The van der Waals surface area contributed by atoms with Crippen molar-refractivity contribution in [2.24, 2.45) is 5.73 Å². The molecule has 0 aliphatic carbocycles. The number of carbonyl (C=O) groups excluding carboxylic acids is 1. The highest BCUT2D eigenvalue weighted by atomic mass is 16.5. The topological polar surface area (TPSA) is 52.3 Å². The monoisotopic (exact) mass is 241 g/mol. The zero-order valence-corrected chi connectivity index (χ0v) is 10.2. The summed E-state index contributed by atoms with van der Waals surface area (Å²) in [6.07, 6.45) is 0. The molecule has 1 unspecified atom stereocenters. The van der Waals surface area contributed by atoms with E-state index in [0.29, 0.717) is 5.75 Å². The van der Waals surface area contributed by atoms with Crippen molar-refractivity contribution in [3.05, 3.63) is 65.7 Å². The van der Waals surface area contributed by atoms with Gasteiger partial charge in [-0.15, -0.1) is 0 Å². The Bertz CT molecular complexity index is 537. The lowest BCUT2D eigenvalue weighted by atomic mass is 10.0. The molecule has 0 aromatic heterocycles. The highest BCUT2D eigenvalue weighted by molar-refractivity contribution is 5.80. The van der Waals surface area contributed by atoms with Crippen LogP contribution in [0.15, 0.2) is 54.6 Å². The molecule has 0 saturated carbocycles. The summed E-state index contributed by atoms with van der Waals surface area (Å²) in [5.74, 6) is 0.0574. The van der Waals surface area contributed by atoms with Gasteiger partial charge in [0.05, 0.1) is 0 Å². The molecule has 92 valence electrons. The van der Waals surface area contributed by atoms with Crippen LogP contribution in [0.2, 0.25) is 0 Å². The van der Waals surface area contributed by atoms with Crippen LogP contribution in [0.5, 0.6) is 5.75 Å². The molecule has 0 spiro atoms. The predicted molar refractivity (Wildman–Crippen MR) is 70.2 cm³/mol. The molecule has 0 bridgehead atoms. The van der Waals surface area contributed by atoms with E-state index in [1.165, 1.54) is 0 Å². The standard InChI is InChI=1S/C15H15NO2/c1-11-7-5-6-10-13(11)14(16)15(17)18-12-8-3-2-4-9-12/h2-10,14H,16H2,1H3. The predicted octanol–water partition coefficient (Wildman–Crippen LogP) is 2.60. The highest BCUT2D eigenvalue weighted by Gasteiger charge is 2.19. The third-order valence-electron chi connectivity index (χ3n) is 2.74. The third kappa shape index (κ3) is 2.76. The van der Waals surface area contributed by atoms with Crippen molar-refractivity contribution in [2.75, 3.05) is 0 Å². The number of hydrogen-bond donors (Lipinski definition) is 1. The molecule has 1 atom stereocenters. The van der Waals surface area contributed by atoms with Gasteiger partial charge in [0.1, 0.15) is 11.8 Å². The van der Waals surface area contributed by atoms with Gasteiger partial charge in [-0.1, -0.05) is 42.5 Å². The van der Waals surface area contributed by atoms with Gasteiger partial charge >= 0.3 is 5.97 Å². The van der Waals surface area contributed by atoms with Crippen molar-refractivity contribution in [2.45, 2.75) is 13.0 Å². The SMILES string of the molecule is Cc1ccccc1C(N)C(=O)Oc1ccccc1.